The maximum absolute atomic E-state index is 4.73. The minimum Gasteiger partial charge on any atom is -0.313 e. The lowest BCUT2D eigenvalue weighted by Crippen LogP contribution is -2.23. The van der Waals surface area contributed by atoms with E-state index in [-0.39, 0.29) is 0 Å². The molecule has 1 aromatic carbocycles. The SMILES string of the molecule is Cc1nc(-c2ccccc2)nc(C)c1C(C)CNC1CC1. The topological polar surface area (TPSA) is 37.8 Å². The first-order valence-electron chi connectivity index (χ1n) is 7.79. The van der Waals surface area contributed by atoms with E-state index in [1.807, 2.05) is 18.2 Å². The zero-order valence-corrected chi connectivity index (χ0v) is 13.1. The molecular weight excluding hydrogens is 258 g/mol. The van der Waals surface area contributed by atoms with E-state index in [2.05, 4.69) is 38.2 Å². The minimum atomic E-state index is 0.454. The van der Waals surface area contributed by atoms with Gasteiger partial charge in [-0.05, 0) is 38.2 Å². The lowest BCUT2D eigenvalue weighted by molar-refractivity contribution is 0.603. The Bertz CT molecular complexity index is 595. The van der Waals surface area contributed by atoms with Gasteiger partial charge in [-0.1, -0.05) is 37.3 Å². The molecule has 0 saturated heterocycles. The normalized spacial score (nSPS) is 16.0. The molecule has 1 N–H and O–H groups in total. The summed E-state index contributed by atoms with van der Waals surface area (Å²) in [4.78, 5) is 9.46. The van der Waals surface area contributed by atoms with Gasteiger partial charge in [-0.25, -0.2) is 9.97 Å². The zero-order valence-electron chi connectivity index (χ0n) is 13.1. The quantitative estimate of drug-likeness (QED) is 0.909. The lowest BCUT2D eigenvalue weighted by atomic mass is 9.97. The molecule has 1 saturated carbocycles. The highest BCUT2D eigenvalue weighted by atomic mass is 15.0. The number of nitrogens with zero attached hydrogens (tertiary/aromatic N) is 2. The molecule has 3 heteroatoms. The van der Waals surface area contributed by atoms with Gasteiger partial charge in [0, 0.05) is 29.5 Å². The molecule has 110 valence electrons. The first-order chi connectivity index (χ1) is 10.1. The molecule has 3 nitrogen and oxygen atoms in total. The third-order valence-electron chi connectivity index (χ3n) is 4.14. The highest BCUT2D eigenvalue weighted by Gasteiger charge is 2.22. The summed E-state index contributed by atoms with van der Waals surface area (Å²) in [6.07, 6.45) is 2.66. The second-order valence-corrected chi connectivity index (χ2v) is 6.08. The van der Waals surface area contributed by atoms with Gasteiger partial charge in [-0.3, -0.25) is 0 Å². The van der Waals surface area contributed by atoms with E-state index in [0.29, 0.717) is 5.92 Å². The van der Waals surface area contributed by atoms with Gasteiger partial charge in [-0.2, -0.15) is 0 Å². The summed E-state index contributed by atoms with van der Waals surface area (Å²) in [7, 11) is 0. The van der Waals surface area contributed by atoms with Crippen LogP contribution in [0.1, 0.15) is 42.6 Å². The van der Waals surface area contributed by atoms with Crippen molar-refractivity contribution in [2.75, 3.05) is 6.54 Å². The maximum atomic E-state index is 4.73. The molecule has 2 aromatic rings. The van der Waals surface area contributed by atoms with Gasteiger partial charge in [0.25, 0.3) is 0 Å². The van der Waals surface area contributed by atoms with Crippen molar-refractivity contribution < 1.29 is 0 Å². The number of aryl methyl sites for hydroxylation is 2. The van der Waals surface area contributed by atoms with Crippen molar-refractivity contribution in [3.8, 4) is 11.4 Å². The van der Waals surface area contributed by atoms with Crippen LogP contribution in [-0.2, 0) is 0 Å². The summed E-state index contributed by atoms with van der Waals surface area (Å²) < 4.78 is 0. The maximum Gasteiger partial charge on any atom is 0.159 e. The van der Waals surface area contributed by atoms with Crippen molar-refractivity contribution in [3.05, 3.63) is 47.3 Å². The predicted molar refractivity (Wildman–Crippen MR) is 86.4 cm³/mol. The number of aromatic nitrogens is 2. The van der Waals surface area contributed by atoms with Crippen molar-refractivity contribution in [2.45, 2.75) is 45.6 Å². The fraction of sp³-hybridized carbons (Fsp3) is 0.444. The molecule has 0 aliphatic heterocycles. The molecular formula is C18H23N3. The molecule has 1 aliphatic rings. The van der Waals surface area contributed by atoms with Crippen LogP contribution in [-0.4, -0.2) is 22.6 Å². The van der Waals surface area contributed by atoms with Crippen LogP contribution in [0.2, 0.25) is 0 Å². The average molecular weight is 281 g/mol. The van der Waals surface area contributed by atoms with E-state index < -0.39 is 0 Å². The van der Waals surface area contributed by atoms with Crippen molar-refractivity contribution in [1.29, 1.82) is 0 Å². The van der Waals surface area contributed by atoms with Gasteiger partial charge in [-0.15, -0.1) is 0 Å². The summed E-state index contributed by atoms with van der Waals surface area (Å²) in [5.74, 6) is 1.28. The third kappa shape index (κ3) is 3.30. The Hall–Kier alpha value is -1.74. The minimum absolute atomic E-state index is 0.454. The predicted octanol–water partition coefficient (Wildman–Crippen LogP) is 3.62. The van der Waals surface area contributed by atoms with Crippen LogP contribution >= 0.6 is 0 Å². The largest absolute Gasteiger partial charge is 0.313 e. The van der Waals surface area contributed by atoms with Crippen molar-refractivity contribution in [2.24, 2.45) is 0 Å². The van der Waals surface area contributed by atoms with Crippen LogP contribution in [0.15, 0.2) is 30.3 Å². The van der Waals surface area contributed by atoms with E-state index in [1.54, 1.807) is 0 Å². The van der Waals surface area contributed by atoms with Gasteiger partial charge < -0.3 is 5.32 Å². The first-order valence-corrected chi connectivity index (χ1v) is 7.79. The summed E-state index contributed by atoms with van der Waals surface area (Å²) in [6, 6.07) is 10.9. The fourth-order valence-electron chi connectivity index (χ4n) is 2.89. The van der Waals surface area contributed by atoms with Gasteiger partial charge in [0.15, 0.2) is 5.82 Å². The average Bonchev–Trinajstić information content (AvgIpc) is 3.29. The highest BCUT2D eigenvalue weighted by Crippen LogP contribution is 2.26. The Balaban J connectivity index is 1.85. The number of hydrogen-bond donors (Lipinski definition) is 1. The Morgan fingerprint density at radius 2 is 1.71 bits per heavy atom. The van der Waals surface area contributed by atoms with Crippen molar-refractivity contribution in [1.82, 2.24) is 15.3 Å². The standard InChI is InChI=1S/C18H23N3/c1-12(11-19-16-9-10-16)17-13(2)20-18(21-14(17)3)15-7-5-4-6-8-15/h4-8,12,16,19H,9-11H2,1-3H3. The summed E-state index contributed by atoms with van der Waals surface area (Å²) in [5, 5.41) is 3.60. The van der Waals surface area contributed by atoms with Gasteiger partial charge in [0.05, 0.1) is 0 Å². The Morgan fingerprint density at radius 3 is 2.29 bits per heavy atom. The second kappa shape index (κ2) is 5.94. The molecule has 1 atom stereocenters. The molecule has 0 bridgehead atoms. The van der Waals surface area contributed by atoms with E-state index in [9.17, 15) is 0 Å². The van der Waals surface area contributed by atoms with E-state index >= 15 is 0 Å². The second-order valence-electron chi connectivity index (χ2n) is 6.08. The van der Waals surface area contributed by atoms with Crippen LogP contribution in [0.4, 0.5) is 0 Å². The summed E-state index contributed by atoms with van der Waals surface area (Å²) in [5.41, 5.74) is 4.58. The fourth-order valence-corrected chi connectivity index (χ4v) is 2.89. The van der Waals surface area contributed by atoms with Crippen LogP contribution in [0, 0.1) is 13.8 Å². The lowest BCUT2D eigenvalue weighted by Gasteiger charge is -2.18. The molecule has 1 aromatic heterocycles. The molecule has 21 heavy (non-hydrogen) atoms. The van der Waals surface area contributed by atoms with Crippen LogP contribution in [0.3, 0.4) is 0 Å². The molecule has 0 amide bonds. The molecule has 1 fully saturated rings. The van der Waals surface area contributed by atoms with Crippen molar-refractivity contribution in [3.63, 3.8) is 0 Å². The molecule has 1 heterocycles. The number of hydrogen-bond acceptors (Lipinski definition) is 3. The summed E-state index contributed by atoms with van der Waals surface area (Å²) in [6.45, 7) is 7.48. The van der Waals surface area contributed by atoms with Gasteiger partial charge in [0.2, 0.25) is 0 Å². The zero-order chi connectivity index (χ0) is 14.8. The Labute approximate surface area is 126 Å². The van der Waals surface area contributed by atoms with E-state index in [0.717, 1.165) is 35.4 Å². The smallest absolute Gasteiger partial charge is 0.159 e. The Kier molecular flexibility index (Phi) is 4.02. The molecule has 1 aliphatic carbocycles. The van der Waals surface area contributed by atoms with E-state index in [1.165, 1.54) is 18.4 Å². The van der Waals surface area contributed by atoms with Crippen LogP contribution in [0.5, 0.6) is 0 Å². The highest BCUT2D eigenvalue weighted by molar-refractivity contribution is 5.55. The molecule has 0 spiro atoms. The number of benzene rings is 1. The van der Waals surface area contributed by atoms with Gasteiger partial charge in [0.1, 0.15) is 0 Å². The first kappa shape index (κ1) is 14.2. The Morgan fingerprint density at radius 1 is 1.10 bits per heavy atom. The van der Waals surface area contributed by atoms with Crippen molar-refractivity contribution >= 4 is 0 Å². The van der Waals surface area contributed by atoms with Crippen LogP contribution < -0.4 is 5.32 Å². The third-order valence-corrected chi connectivity index (χ3v) is 4.14. The molecule has 0 radical (unpaired) electrons. The van der Waals surface area contributed by atoms with Gasteiger partial charge >= 0.3 is 0 Å². The molecule has 3 rings (SSSR count). The summed E-state index contributed by atoms with van der Waals surface area (Å²) >= 11 is 0. The number of rotatable bonds is 5. The number of nitrogens with one attached hydrogen (secondary N) is 1. The van der Waals surface area contributed by atoms with Crippen LogP contribution in [0.25, 0.3) is 11.4 Å². The monoisotopic (exact) mass is 281 g/mol. The van der Waals surface area contributed by atoms with E-state index in [4.69, 9.17) is 9.97 Å². The molecule has 1 unspecified atom stereocenters.